The lowest BCUT2D eigenvalue weighted by atomic mass is 9.96. The Kier molecular flexibility index (Phi) is 6.18. The van der Waals surface area contributed by atoms with Gasteiger partial charge in [-0.05, 0) is 56.0 Å². The van der Waals surface area contributed by atoms with Crippen LogP contribution in [0.3, 0.4) is 0 Å². The fraction of sp³-hybridized carbons (Fsp3) is 0.647. The third-order valence-electron chi connectivity index (χ3n) is 4.29. The fourth-order valence-electron chi connectivity index (χ4n) is 3.30. The van der Waals surface area contributed by atoms with Crippen molar-refractivity contribution < 1.29 is 0 Å². The van der Waals surface area contributed by atoms with E-state index in [1.807, 2.05) is 13.1 Å². The van der Waals surface area contributed by atoms with Crippen LogP contribution in [0, 0.1) is 5.92 Å². The van der Waals surface area contributed by atoms with E-state index in [9.17, 15) is 0 Å². The minimum Gasteiger partial charge on any atom is -0.371 e. The topological polar surface area (TPSA) is 15.3 Å². The van der Waals surface area contributed by atoms with Gasteiger partial charge in [0.2, 0.25) is 0 Å². The van der Waals surface area contributed by atoms with Gasteiger partial charge in [-0.15, -0.1) is 0 Å². The van der Waals surface area contributed by atoms with Gasteiger partial charge in [0.25, 0.3) is 0 Å². The van der Waals surface area contributed by atoms with Crippen LogP contribution in [0.1, 0.15) is 44.6 Å². The van der Waals surface area contributed by atoms with Crippen molar-refractivity contribution in [1.82, 2.24) is 5.32 Å². The molecular formula is C17H27ClN2. The molecule has 1 atom stereocenters. The van der Waals surface area contributed by atoms with Crippen LogP contribution in [0.4, 0.5) is 5.69 Å². The van der Waals surface area contributed by atoms with E-state index < -0.39 is 0 Å². The second-order valence-electron chi connectivity index (χ2n) is 5.88. The molecule has 1 N–H and O–H groups in total. The Morgan fingerprint density at radius 3 is 2.90 bits per heavy atom. The maximum absolute atomic E-state index is 6.14. The standard InChI is InChI=1S/C17H27ClN2/c1-3-5-14-6-4-10-20(11-9-14)17-8-7-16(18)12-15(17)13-19-2/h7-8,12,14,19H,3-6,9-11,13H2,1-2H3. The van der Waals surface area contributed by atoms with E-state index >= 15 is 0 Å². The predicted octanol–water partition coefficient (Wildman–Crippen LogP) is 4.47. The van der Waals surface area contributed by atoms with Crippen molar-refractivity contribution in [3.8, 4) is 0 Å². The number of nitrogens with one attached hydrogen (secondary N) is 1. The highest BCUT2D eigenvalue weighted by atomic mass is 35.5. The maximum atomic E-state index is 6.14. The Balaban J connectivity index is 2.10. The van der Waals surface area contributed by atoms with Gasteiger partial charge in [0.15, 0.2) is 0 Å². The smallest absolute Gasteiger partial charge is 0.0412 e. The van der Waals surface area contributed by atoms with Gasteiger partial charge in [-0.3, -0.25) is 0 Å². The number of hydrogen-bond acceptors (Lipinski definition) is 2. The summed E-state index contributed by atoms with van der Waals surface area (Å²) in [5, 5.41) is 4.08. The first kappa shape index (κ1) is 15.7. The molecule has 1 saturated heterocycles. The second kappa shape index (κ2) is 7.90. The number of nitrogens with zero attached hydrogens (tertiary/aromatic N) is 1. The first-order valence-electron chi connectivity index (χ1n) is 7.92. The van der Waals surface area contributed by atoms with Crippen molar-refractivity contribution in [2.24, 2.45) is 5.92 Å². The van der Waals surface area contributed by atoms with E-state index in [2.05, 4.69) is 29.3 Å². The summed E-state index contributed by atoms with van der Waals surface area (Å²) in [6.45, 7) is 5.54. The van der Waals surface area contributed by atoms with Gasteiger partial charge in [-0.2, -0.15) is 0 Å². The summed E-state index contributed by atoms with van der Waals surface area (Å²) in [5.41, 5.74) is 2.68. The molecule has 2 nitrogen and oxygen atoms in total. The van der Waals surface area contributed by atoms with Crippen molar-refractivity contribution in [3.63, 3.8) is 0 Å². The molecule has 0 saturated carbocycles. The normalized spacial score (nSPS) is 19.9. The minimum atomic E-state index is 0.831. The predicted molar refractivity (Wildman–Crippen MR) is 88.7 cm³/mol. The molecular weight excluding hydrogens is 268 g/mol. The van der Waals surface area contributed by atoms with E-state index in [0.29, 0.717) is 0 Å². The molecule has 112 valence electrons. The third-order valence-corrected chi connectivity index (χ3v) is 4.53. The summed E-state index contributed by atoms with van der Waals surface area (Å²) in [6, 6.07) is 6.31. The first-order valence-corrected chi connectivity index (χ1v) is 8.30. The zero-order chi connectivity index (χ0) is 14.4. The van der Waals surface area contributed by atoms with Gasteiger partial charge >= 0.3 is 0 Å². The zero-order valence-electron chi connectivity index (χ0n) is 12.8. The van der Waals surface area contributed by atoms with Crippen LogP contribution in [0.2, 0.25) is 5.02 Å². The van der Waals surface area contributed by atoms with Crippen LogP contribution in [0.15, 0.2) is 18.2 Å². The molecule has 0 radical (unpaired) electrons. The summed E-state index contributed by atoms with van der Waals surface area (Å²) >= 11 is 6.14. The van der Waals surface area contributed by atoms with E-state index in [-0.39, 0.29) is 0 Å². The van der Waals surface area contributed by atoms with Crippen LogP contribution >= 0.6 is 11.6 Å². The molecule has 0 aromatic heterocycles. The number of hydrogen-bond donors (Lipinski definition) is 1. The monoisotopic (exact) mass is 294 g/mol. The Morgan fingerprint density at radius 2 is 2.15 bits per heavy atom. The van der Waals surface area contributed by atoms with Crippen LogP contribution < -0.4 is 10.2 Å². The summed E-state index contributed by atoms with van der Waals surface area (Å²) in [6.07, 6.45) is 6.73. The van der Waals surface area contributed by atoms with E-state index in [1.165, 1.54) is 56.4 Å². The molecule has 0 amide bonds. The largest absolute Gasteiger partial charge is 0.371 e. The number of anilines is 1. The lowest BCUT2D eigenvalue weighted by Gasteiger charge is -2.26. The SMILES string of the molecule is CCCC1CCCN(c2ccc(Cl)cc2CNC)CC1. The minimum absolute atomic E-state index is 0.831. The van der Waals surface area contributed by atoms with Crippen LogP contribution in [-0.2, 0) is 6.54 Å². The maximum Gasteiger partial charge on any atom is 0.0412 e. The molecule has 0 spiro atoms. The van der Waals surface area contributed by atoms with Crippen molar-refractivity contribution in [1.29, 1.82) is 0 Å². The lowest BCUT2D eigenvalue weighted by molar-refractivity contribution is 0.435. The molecule has 2 rings (SSSR count). The summed E-state index contributed by atoms with van der Waals surface area (Å²) < 4.78 is 0. The molecule has 1 aromatic rings. The molecule has 1 aliphatic rings. The Bertz CT molecular complexity index is 419. The molecule has 1 unspecified atom stereocenters. The zero-order valence-corrected chi connectivity index (χ0v) is 13.5. The average Bonchev–Trinajstić information content (AvgIpc) is 2.66. The average molecular weight is 295 g/mol. The first-order chi connectivity index (χ1) is 9.74. The van der Waals surface area contributed by atoms with Gasteiger partial charge in [0.1, 0.15) is 0 Å². The van der Waals surface area contributed by atoms with Gasteiger partial charge in [0, 0.05) is 30.3 Å². The summed E-state index contributed by atoms with van der Waals surface area (Å²) in [4.78, 5) is 2.55. The van der Waals surface area contributed by atoms with Crippen molar-refractivity contribution in [2.45, 2.75) is 45.6 Å². The second-order valence-corrected chi connectivity index (χ2v) is 6.31. The molecule has 3 heteroatoms. The lowest BCUT2D eigenvalue weighted by Crippen LogP contribution is -2.26. The van der Waals surface area contributed by atoms with Gasteiger partial charge < -0.3 is 10.2 Å². The highest BCUT2D eigenvalue weighted by Gasteiger charge is 2.18. The van der Waals surface area contributed by atoms with Crippen molar-refractivity contribution in [2.75, 3.05) is 25.0 Å². The Hall–Kier alpha value is -0.730. The van der Waals surface area contributed by atoms with Gasteiger partial charge in [0.05, 0.1) is 0 Å². The number of benzene rings is 1. The van der Waals surface area contributed by atoms with E-state index in [0.717, 1.165) is 17.5 Å². The molecule has 20 heavy (non-hydrogen) atoms. The van der Waals surface area contributed by atoms with Crippen molar-refractivity contribution in [3.05, 3.63) is 28.8 Å². The van der Waals surface area contributed by atoms with Crippen LogP contribution in [-0.4, -0.2) is 20.1 Å². The molecule has 1 heterocycles. The highest BCUT2D eigenvalue weighted by Crippen LogP contribution is 2.29. The molecule has 0 bridgehead atoms. The van der Waals surface area contributed by atoms with Crippen LogP contribution in [0.5, 0.6) is 0 Å². The summed E-state index contributed by atoms with van der Waals surface area (Å²) in [5.74, 6) is 0.921. The molecule has 0 aliphatic carbocycles. The van der Waals surface area contributed by atoms with Gasteiger partial charge in [-0.25, -0.2) is 0 Å². The van der Waals surface area contributed by atoms with Crippen molar-refractivity contribution >= 4 is 17.3 Å². The third kappa shape index (κ3) is 4.13. The Morgan fingerprint density at radius 1 is 1.30 bits per heavy atom. The van der Waals surface area contributed by atoms with Gasteiger partial charge in [-0.1, -0.05) is 31.4 Å². The quantitative estimate of drug-likeness (QED) is 0.862. The molecule has 1 fully saturated rings. The van der Waals surface area contributed by atoms with Crippen LogP contribution in [0.25, 0.3) is 0 Å². The summed E-state index contributed by atoms with van der Waals surface area (Å²) in [7, 11) is 1.99. The highest BCUT2D eigenvalue weighted by molar-refractivity contribution is 6.30. The fourth-order valence-corrected chi connectivity index (χ4v) is 3.49. The number of rotatable bonds is 5. The molecule has 1 aliphatic heterocycles. The van der Waals surface area contributed by atoms with E-state index in [1.54, 1.807) is 0 Å². The molecule has 1 aromatic carbocycles. The van der Waals surface area contributed by atoms with E-state index in [4.69, 9.17) is 11.6 Å². The number of halogens is 1. The Labute approximate surface area is 128 Å².